The standard InChI is InChI=1S/C18H13BrF3N3O3S/c1-29(27,28)17-23-14(8-15(24-17)18(20,21)22)12-5-6-16(26)25(10-12)9-11-3-2-4-13(19)7-11/h2-8,10H,9H2,1H3. The zero-order valence-electron chi connectivity index (χ0n) is 14.8. The number of halogens is 4. The van der Waals surface area contributed by atoms with Gasteiger partial charge in [0.25, 0.3) is 5.56 Å². The van der Waals surface area contributed by atoms with Crippen LogP contribution in [0.4, 0.5) is 13.2 Å². The molecule has 0 atom stereocenters. The van der Waals surface area contributed by atoms with Gasteiger partial charge < -0.3 is 4.57 Å². The summed E-state index contributed by atoms with van der Waals surface area (Å²) in [5.41, 5.74) is -1.07. The van der Waals surface area contributed by atoms with Crippen molar-refractivity contribution in [2.75, 3.05) is 6.26 Å². The molecule has 0 fully saturated rings. The molecule has 1 aromatic carbocycles. The molecule has 0 spiro atoms. The van der Waals surface area contributed by atoms with Crippen LogP contribution in [0.5, 0.6) is 0 Å². The van der Waals surface area contributed by atoms with Gasteiger partial charge in [0.05, 0.1) is 12.2 Å². The Hall–Kier alpha value is -2.53. The number of sulfone groups is 1. The third-order valence-corrected chi connectivity index (χ3v) is 5.19. The van der Waals surface area contributed by atoms with E-state index >= 15 is 0 Å². The van der Waals surface area contributed by atoms with E-state index in [9.17, 15) is 26.4 Å². The topological polar surface area (TPSA) is 81.9 Å². The molecule has 0 aliphatic carbocycles. The minimum Gasteiger partial charge on any atom is -0.310 e. The lowest BCUT2D eigenvalue weighted by Gasteiger charge is -2.12. The highest BCUT2D eigenvalue weighted by molar-refractivity contribution is 9.10. The first-order valence-corrected chi connectivity index (χ1v) is 10.7. The number of rotatable bonds is 4. The highest BCUT2D eigenvalue weighted by Crippen LogP contribution is 2.30. The molecule has 29 heavy (non-hydrogen) atoms. The van der Waals surface area contributed by atoms with E-state index in [4.69, 9.17) is 0 Å². The smallest absolute Gasteiger partial charge is 0.310 e. The molecule has 2 aromatic heterocycles. The quantitative estimate of drug-likeness (QED) is 0.525. The Kier molecular flexibility index (Phi) is 5.63. The first-order chi connectivity index (χ1) is 13.4. The van der Waals surface area contributed by atoms with Crippen molar-refractivity contribution in [1.29, 1.82) is 0 Å². The average molecular weight is 488 g/mol. The van der Waals surface area contributed by atoms with Crippen LogP contribution in [0.25, 0.3) is 11.3 Å². The van der Waals surface area contributed by atoms with Gasteiger partial charge in [-0.2, -0.15) is 13.2 Å². The fourth-order valence-corrected chi connectivity index (χ4v) is 3.50. The molecule has 0 bridgehead atoms. The fraction of sp³-hybridized carbons (Fsp3) is 0.167. The van der Waals surface area contributed by atoms with Crippen molar-refractivity contribution >= 4 is 25.8 Å². The number of nitrogens with zero attached hydrogens (tertiary/aromatic N) is 3. The summed E-state index contributed by atoms with van der Waals surface area (Å²) in [6.45, 7) is 0.169. The van der Waals surface area contributed by atoms with Gasteiger partial charge in [-0.05, 0) is 29.8 Å². The molecule has 0 radical (unpaired) electrons. The van der Waals surface area contributed by atoms with E-state index in [0.29, 0.717) is 6.07 Å². The van der Waals surface area contributed by atoms with E-state index in [1.54, 1.807) is 18.2 Å². The maximum Gasteiger partial charge on any atom is 0.433 e. The summed E-state index contributed by atoms with van der Waals surface area (Å²) < 4.78 is 65.1. The zero-order valence-corrected chi connectivity index (χ0v) is 17.2. The maximum absolute atomic E-state index is 13.2. The van der Waals surface area contributed by atoms with Crippen LogP contribution >= 0.6 is 15.9 Å². The van der Waals surface area contributed by atoms with E-state index in [2.05, 4.69) is 25.9 Å². The Labute approximate surface area is 172 Å². The normalized spacial score (nSPS) is 12.2. The Morgan fingerprint density at radius 1 is 1.10 bits per heavy atom. The molecule has 11 heteroatoms. The molecule has 152 valence electrons. The number of hydrogen-bond acceptors (Lipinski definition) is 5. The third kappa shape index (κ3) is 5.10. The van der Waals surface area contributed by atoms with E-state index in [1.807, 2.05) is 6.07 Å². The second-order valence-electron chi connectivity index (χ2n) is 6.20. The highest BCUT2D eigenvalue weighted by atomic mass is 79.9. The van der Waals surface area contributed by atoms with Crippen molar-refractivity contribution in [1.82, 2.24) is 14.5 Å². The van der Waals surface area contributed by atoms with Crippen LogP contribution in [0.2, 0.25) is 0 Å². The second kappa shape index (κ2) is 7.71. The van der Waals surface area contributed by atoms with Crippen molar-refractivity contribution in [3.8, 4) is 11.3 Å². The molecule has 3 aromatic rings. The lowest BCUT2D eigenvalue weighted by molar-refractivity contribution is -0.141. The molecule has 0 saturated heterocycles. The van der Waals surface area contributed by atoms with Crippen LogP contribution in [-0.2, 0) is 22.6 Å². The minimum atomic E-state index is -4.86. The summed E-state index contributed by atoms with van der Waals surface area (Å²) in [6, 6.07) is 10.3. The van der Waals surface area contributed by atoms with Crippen molar-refractivity contribution in [3.05, 3.63) is 74.7 Å². The molecule has 2 heterocycles. The first-order valence-electron chi connectivity index (χ1n) is 8.05. The summed E-state index contributed by atoms with van der Waals surface area (Å²) in [5.74, 6) is 0. The van der Waals surface area contributed by atoms with Gasteiger partial charge in [0.2, 0.25) is 15.0 Å². The number of benzene rings is 1. The lowest BCUT2D eigenvalue weighted by Crippen LogP contribution is -2.19. The molecule has 0 amide bonds. The SMILES string of the molecule is CS(=O)(=O)c1nc(-c2ccc(=O)n(Cc3cccc(Br)c3)c2)cc(C(F)(F)F)n1. The van der Waals surface area contributed by atoms with Gasteiger partial charge in [-0.3, -0.25) is 4.79 Å². The molecule has 0 saturated carbocycles. The molecule has 0 aliphatic heterocycles. The lowest BCUT2D eigenvalue weighted by atomic mass is 10.1. The van der Waals surface area contributed by atoms with Gasteiger partial charge in [-0.15, -0.1) is 0 Å². The second-order valence-corrected chi connectivity index (χ2v) is 9.03. The van der Waals surface area contributed by atoms with Crippen molar-refractivity contribution < 1.29 is 21.6 Å². The van der Waals surface area contributed by atoms with Crippen LogP contribution in [0.1, 0.15) is 11.3 Å². The average Bonchev–Trinajstić information content (AvgIpc) is 2.62. The van der Waals surface area contributed by atoms with Crippen LogP contribution in [-0.4, -0.2) is 29.2 Å². The van der Waals surface area contributed by atoms with Crippen LogP contribution in [0, 0.1) is 0 Å². The van der Waals surface area contributed by atoms with Gasteiger partial charge in [-0.25, -0.2) is 18.4 Å². The summed E-state index contributed by atoms with van der Waals surface area (Å²) in [5, 5.41) is -0.938. The Bertz CT molecular complexity index is 1240. The maximum atomic E-state index is 13.2. The zero-order chi connectivity index (χ0) is 21.4. The highest BCUT2D eigenvalue weighted by Gasteiger charge is 2.35. The number of aromatic nitrogens is 3. The van der Waals surface area contributed by atoms with Crippen LogP contribution in [0.15, 0.2) is 63.1 Å². The molecular formula is C18H13BrF3N3O3S. The van der Waals surface area contributed by atoms with Gasteiger partial charge >= 0.3 is 6.18 Å². The first kappa shape index (κ1) is 21.2. The molecular weight excluding hydrogens is 475 g/mol. The summed E-state index contributed by atoms with van der Waals surface area (Å²) in [6.07, 6.45) is -2.81. The Balaban J connectivity index is 2.12. The monoisotopic (exact) mass is 487 g/mol. The summed E-state index contributed by atoms with van der Waals surface area (Å²) in [4.78, 5) is 19.1. The van der Waals surface area contributed by atoms with Gasteiger partial charge in [0.1, 0.15) is 5.69 Å². The van der Waals surface area contributed by atoms with E-state index in [-0.39, 0.29) is 23.4 Å². The van der Waals surface area contributed by atoms with Crippen molar-refractivity contribution in [2.45, 2.75) is 17.9 Å². The summed E-state index contributed by atoms with van der Waals surface area (Å²) in [7, 11) is -4.08. The molecule has 0 aliphatic rings. The number of alkyl halides is 3. The van der Waals surface area contributed by atoms with Crippen molar-refractivity contribution in [3.63, 3.8) is 0 Å². The van der Waals surface area contributed by atoms with Crippen LogP contribution < -0.4 is 5.56 Å². The Morgan fingerprint density at radius 3 is 2.45 bits per heavy atom. The molecule has 0 unspecified atom stereocenters. The molecule has 0 N–H and O–H groups in total. The van der Waals surface area contributed by atoms with Gasteiger partial charge in [0.15, 0.2) is 0 Å². The minimum absolute atomic E-state index is 0.150. The predicted octanol–water partition coefficient (Wildman–Crippen LogP) is 3.54. The van der Waals surface area contributed by atoms with E-state index in [0.717, 1.165) is 16.3 Å². The van der Waals surface area contributed by atoms with Crippen LogP contribution in [0.3, 0.4) is 0 Å². The van der Waals surface area contributed by atoms with Gasteiger partial charge in [0, 0.05) is 28.6 Å². The van der Waals surface area contributed by atoms with Crippen molar-refractivity contribution in [2.24, 2.45) is 0 Å². The number of hydrogen-bond donors (Lipinski definition) is 0. The van der Waals surface area contributed by atoms with E-state index < -0.39 is 26.9 Å². The fourth-order valence-electron chi connectivity index (χ4n) is 2.52. The number of pyridine rings is 1. The predicted molar refractivity (Wildman–Crippen MR) is 103 cm³/mol. The third-order valence-electron chi connectivity index (χ3n) is 3.85. The Morgan fingerprint density at radius 2 is 1.83 bits per heavy atom. The molecule has 6 nitrogen and oxygen atoms in total. The van der Waals surface area contributed by atoms with Gasteiger partial charge in [-0.1, -0.05) is 28.1 Å². The summed E-state index contributed by atoms with van der Waals surface area (Å²) >= 11 is 3.33. The largest absolute Gasteiger partial charge is 0.433 e. The molecule has 3 rings (SSSR count). The van der Waals surface area contributed by atoms with E-state index in [1.165, 1.54) is 22.9 Å².